The Balaban J connectivity index is 1.93. The van der Waals surface area contributed by atoms with Crippen LogP contribution in [-0.2, 0) is 16.0 Å². The van der Waals surface area contributed by atoms with Gasteiger partial charge in [0.2, 0.25) is 11.8 Å². The zero-order valence-electron chi connectivity index (χ0n) is 15.9. The molecule has 2 rings (SSSR count). The molecule has 7 nitrogen and oxygen atoms in total. The lowest BCUT2D eigenvalue weighted by Crippen LogP contribution is -2.37. The molecule has 2 aromatic rings. The summed E-state index contributed by atoms with van der Waals surface area (Å²) in [4.78, 5) is 26.0. The van der Waals surface area contributed by atoms with Gasteiger partial charge in [0.05, 0.1) is 19.7 Å². The number of methoxy groups -OCH3 is 1. The van der Waals surface area contributed by atoms with Crippen LogP contribution in [0.15, 0.2) is 48.5 Å². The van der Waals surface area contributed by atoms with Crippen LogP contribution in [0.3, 0.4) is 0 Å². The number of carbonyl (C=O) groups excluding carboxylic acids is 2. The van der Waals surface area contributed by atoms with Gasteiger partial charge in [-0.25, -0.2) is 0 Å². The van der Waals surface area contributed by atoms with E-state index >= 15 is 0 Å². The fourth-order valence-electron chi connectivity index (χ4n) is 2.51. The van der Waals surface area contributed by atoms with E-state index in [-0.39, 0.29) is 18.4 Å². The molecule has 0 saturated heterocycles. The van der Waals surface area contributed by atoms with Crippen LogP contribution in [0.25, 0.3) is 0 Å². The first-order chi connectivity index (χ1) is 12.9. The second-order valence-corrected chi connectivity index (χ2v) is 6.51. The fourth-order valence-corrected chi connectivity index (χ4v) is 2.51. The topological polar surface area (TPSA) is 96.7 Å². The Morgan fingerprint density at radius 2 is 1.70 bits per heavy atom. The molecular formula is C20H26N4O3. The lowest BCUT2D eigenvalue weighted by molar-refractivity contribution is -0.117. The number of amides is 2. The highest BCUT2D eigenvalue weighted by Gasteiger charge is 2.15. The number of benzene rings is 2. The van der Waals surface area contributed by atoms with Crippen molar-refractivity contribution in [1.82, 2.24) is 4.90 Å². The van der Waals surface area contributed by atoms with E-state index in [0.717, 1.165) is 11.3 Å². The molecule has 0 aromatic heterocycles. The number of hydrogen-bond acceptors (Lipinski definition) is 5. The third-order valence-electron chi connectivity index (χ3n) is 3.83. The van der Waals surface area contributed by atoms with Crippen molar-refractivity contribution < 1.29 is 14.3 Å². The second kappa shape index (κ2) is 9.70. The van der Waals surface area contributed by atoms with E-state index in [0.29, 0.717) is 17.8 Å². The van der Waals surface area contributed by atoms with Gasteiger partial charge in [-0.15, -0.1) is 0 Å². The molecule has 0 bridgehead atoms. The summed E-state index contributed by atoms with van der Waals surface area (Å²) in [5.74, 6) is 0.340. The number of nitrogens with one attached hydrogen (secondary N) is 2. The van der Waals surface area contributed by atoms with Crippen molar-refractivity contribution in [3.05, 3.63) is 54.1 Å². The summed E-state index contributed by atoms with van der Waals surface area (Å²) in [5, 5.41) is 5.58. The van der Waals surface area contributed by atoms with Crippen LogP contribution in [0.5, 0.6) is 5.75 Å². The quantitative estimate of drug-likeness (QED) is 0.657. The summed E-state index contributed by atoms with van der Waals surface area (Å²) in [6.45, 7) is 0.281. The highest BCUT2D eigenvalue weighted by Crippen LogP contribution is 2.16. The highest BCUT2D eigenvalue weighted by molar-refractivity contribution is 5.96. The van der Waals surface area contributed by atoms with Gasteiger partial charge in [0.15, 0.2) is 0 Å². The summed E-state index contributed by atoms with van der Waals surface area (Å²) >= 11 is 0. The maximum absolute atomic E-state index is 12.4. The van der Waals surface area contributed by atoms with Crippen molar-refractivity contribution in [2.75, 3.05) is 38.4 Å². The van der Waals surface area contributed by atoms with E-state index < -0.39 is 6.04 Å². The summed E-state index contributed by atoms with van der Waals surface area (Å²) in [5.41, 5.74) is 8.16. The number of nitrogens with zero attached hydrogens (tertiary/aromatic N) is 1. The minimum Gasteiger partial charge on any atom is -0.497 e. The van der Waals surface area contributed by atoms with Gasteiger partial charge in [0, 0.05) is 11.4 Å². The van der Waals surface area contributed by atoms with Gasteiger partial charge in [-0.1, -0.05) is 18.2 Å². The van der Waals surface area contributed by atoms with Crippen molar-refractivity contribution in [2.24, 2.45) is 5.73 Å². The Labute approximate surface area is 159 Å². The number of ether oxygens (including phenoxy) is 1. The van der Waals surface area contributed by atoms with Crippen LogP contribution in [0.4, 0.5) is 11.4 Å². The zero-order chi connectivity index (χ0) is 19.8. The van der Waals surface area contributed by atoms with Crippen LogP contribution in [-0.4, -0.2) is 50.5 Å². The average molecular weight is 370 g/mol. The Kier molecular flexibility index (Phi) is 7.34. The molecule has 0 spiro atoms. The predicted octanol–water partition coefficient (Wildman–Crippen LogP) is 1.70. The number of nitrogens with two attached hydrogens (primary N) is 1. The van der Waals surface area contributed by atoms with E-state index in [1.165, 1.54) is 0 Å². The van der Waals surface area contributed by atoms with Crippen molar-refractivity contribution in [1.29, 1.82) is 0 Å². The maximum Gasteiger partial charge on any atom is 0.241 e. The van der Waals surface area contributed by atoms with Crippen LogP contribution >= 0.6 is 0 Å². The molecule has 0 fully saturated rings. The third kappa shape index (κ3) is 6.73. The van der Waals surface area contributed by atoms with Crippen molar-refractivity contribution in [3.8, 4) is 5.75 Å². The first-order valence-corrected chi connectivity index (χ1v) is 8.61. The zero-order valence-corrected chi connectivity index (χ0v) is 15.9. The van der Waals surface area contributed by atoms with Gasteiger partial charge >= 0.3 is 0 Å². The fraction of sp³-hybridized carbons (Fsp3) is 0.300. The molecule has 4 N–H and O–H groups in total. The number of likely N-dealkylation sites (N-methyl/N-ethyl adjacent to an activating group) is 1. The maximum atomic E-state index is 12.4. The smallest absolute Gasteiger partial charge is 0.241 e. The summed E-state index contributed by atoms with van der Waals surface area (Å²) in [6.07, 6.45) is 0.412. The van der Waals surface area contributed by atoms with Gasteiger partial charge in [-0.2, -0.15) is 0 Å². The molecule has 1 atom stereocenters. The molecule has 144 valence electrons. The number of anilines is 2. The first kappa shape index (κ1) is 20.4. The average Bonchev–Trinajstić information content (AvgIpc) is 2.61. The molecule has 0 heterocycles. The molecule has 0 radical (unpaired) electrons. The Morgan fingerprint density at radius 1 is 1.07 bits per heavy atom. The van der Waals surface area contributed by atoms with Gasteiger partial charge in [0.25, 0.3) is 0 Å². The lowest BCUT2D eigenvalue weighted by atomic mass is 10.1. The molecule has 0 saturated carbocycles. The summed E-state index contributed by atoms with van der Waals surface area (Å²) in [7, 11) is 5.24. The van der Waals surface area contributed by atoms with Gasteiger partial charge in [-0.3, -0.25) is 9.59 Å². The highest BCUT2D eigenvalue weighted by atomic mass is 16.5. The number of hydrogen-bond donors (Lipinski definition) is 3. The van der Waals surface area contributed by atoms with Gasteiger partial charge < -0.3 is 26.0 Å². The monoisotopic (exact) mass is 370 g/mol. The first-order valence-electron chi connectivity index (χ1n) is 8.61. The molecule has 7 heteroatoms. The molecule has 0 aliphatic rings. The third-order valence-corrected chi connectivity index (χ3v) is 3.83. The molecule has 0 unspecified atom stereocenters. The standard InChI is InChI=1S/C20H26N4O3/c1-24(2)13-19(25)22-15-5-4-6-16(12-15)23-20(26)18(21)11-14-7-9-17(27-3)10-8-14/h4-10,12,18H,11,13,21H2,1-3H3,(H,22,25)(H,23,26)/t18-/m0/s1. The molecule has 2 aromatic carbocycles. The van der Waals surface area contributed by atoms with Crippen LogP contribution < -0.4 is 21.1 Å². The van der Waals surface area contributed by atoms with Crippen LogP contribution in [0.1, 0.15) is 5.56 Å². The SMILES string of the molecule is COc1ccc(C[C@H](N)C(=O)Nc2cccc(NC(=O)CN(C)C)c2)cc1. The van der Waals surface area contributed by atoms with Crippen molar-refractivity contribution >= 4 is 23.2 Å². The Hall–Kier alpha value is -2.90. The minimum atomic E-state index is -0.689. The summed E-state index contributed by atoms with van der Waals surface area (Å²) in [6, 6.07) is 13.7. The summed E-state index contributed by atoms with van der Waals surface area (Å²) < 4.78 is 5.12. The molecule has 0 aliphatic heterocycles. The predicted molar refractivity (Wildman–Crippen MR) is 107 cm³/mol. The number of carbonyl (C=O) groups is 2. The van der Waals surface area contributed by atoms with Gasteiger partial charge in [-0.05, 0) is 56.4 Å². The van der Waals surface area contributed by atoms with E-state index in [4.69, 9.17) is 10.5 Å². The van der Waals surface area contributed by atoms with Crippen LogP contribution in [0.2, 0.25) is 0 Å². The Bertz CT molecular complexity index is 775. The lowest BCUT2D eigenvalue weighted by Gasteiger charge is -2.14. The molecular weight excluding hydrogens is 344 g/mol. The molecule has 0 aliphatic carbocycles. The van der Waals surface area contributed by atoms with E-state index in [2.05, 4.69) is 10.6 Å². The largest absolute Gasteiger partial charge is 0.497 e. The van der Waals surface area contributed by atoms with E-state index in [9.17, 15) is 9.59 Å². The van der Waals surface area contributed by atoms with E-state index in [1.807, 2.05) is 38.4 Å². The normalized spacial score (nSPS) is 11.7. The number of rotatable bonds is 8. The van der Waals surface area contributed by atoms with Crippen molar-refractivity contribution in [3.63, 3.8) is 0 Å². The molecule has 2 amide bonds. The Morgan fingerprint density at radius 3 is 2.30 bits per heavy atom. The van der Waals surface area contributed by atoms with Crippen LogP contribution in [0, 0.1) is 0 Å². The minimum absolute atomic E-state index is 0.125. The molecule has 27 heavy (non-hydrogen) atoms. The van der Waals surface area contributed by atoms with Gasteiger partial charge in [0.1, 0.15) is 5.75 Å². The van der Waals surface area contributed by atoms with Crippen molar-refractivity contribution in [2.45, 2.75) is 12.5 Å². The van der Waals surface area contributed by atoms with E-state index in [1.54, 1.807) is 36.3 Å². The second-order valence-electron chi connectivity index (χ2n) is 6.51.